The van der Waals surface area contributed by atoms with Crippen LogP contribution in [0.4, 0.5) is 11.4 Å². The van der Waals surface area contributed by atoms with Gasteiger partial charge in [0.1, 0.15) is 5.75 Å². The van der Waals surface area contributed by atoms with Crippen molar-refractivity contribution in [1.82, 2.24) is 4.98 Å². The molecule has 0 saturated heterocycles. The van der Waals surface area contributed by atoms with Gasteiger partial charge in [0.15, 0.2) is 17.4 Å². The van der Waals surface area contributed by atoms with Crippen LogP contribution in [0.25, 0.3) is 10.8 Å². The van der Waals surface area contributed by atoms with Gasteiger partial charge in [-0.3, -0.25) is 9.59 Å². The second-order valence-electron chi connectivity index (χ2n) is 5.51. The number of hydrogen-bond donors (Lipinski definition) is 2. The zero-order valence-corrected chi connectivity index (χ0v) is 14.8. The number of halogens is 1. The van der Waals surface area contributed by atoms with Gasteiger partial charge in [0.2, 0.25) is 5.91 Å². The minimum absolute atomic E-state index is 0.0730. The van der Waals surface area contributed by atoms with Gasteiger partial charge >= 0.3 is 0 Å². The summed E-state index contributed by atoms with van der Waals surface area (Å²) in [6, 6.07) is 6.73. The zero-order valence-electron chi connectivity index (χ0n) is 13.2. The minimum atomic E-state index is -0.261. The van der Waals surface area contributed by atoms with Crippen molar-refractivity contribution in [2.45, 2.75) is 6.42 Å². The Bertz CT molecular complexity index is 984. The maximum absolute atomic E-state index is 12.3. The van der Waals surface area contributed by atoms with Gasteiger partial charge in [0.05, 0.1) is 34.8 Å². The number of nitrogens with zero attached hydrogens (tertiary/aromatic N) is 1. The first-order chi connectivity index (χ1) is 12.6. The van der Waals surface area contributed by atoms with E-state index in [-0.39, 0.29) is 24.8 Å². The van der Waals surface area contributed by atoms with Crippen LogP contribution in [-0.2, 0) is 16.0 Å². The Morgan fingerprint density at radius 2 is 2.31 bits per heavy atom. The molecule has 132 valence electrons. The quantitative estimate of drug-likeness (QED) is 0.711. The summed E-state index contributed by atoms with van der Waals surface area (Å²) in [7, 11) is 0. The van der Waals surface area contributed by atoms with E-state index in [1.165, 1.54) is 11.3 Å². The Kier molecular flexibility index (Phi) is 4.36. The summed E-state index contributed by atoms with van der Waals surface area (Å²) in [6.45, 7) is -0.0730. The van der Waals surface area contributed by atoms with Crippen molar-refractivity contribution in [2.24, 2.45) is 0 Å². The molecule has 1 aliphatic rings. The molecule has 0 saturated carbocycles. The number of ether oxygens (including phenoxy) is 1. The number of rotatable bonds is 4. The summed E-state index contributed by atoms with van der Waals surface area (Å²) in [5, 5.41) is 8.23. The van der Waals surface area contributed by atoms with Crippen LogP contribution in [-0.4, -0.2) is 23.4 Å². The number of nitrogens with one attached hydrogen (secondary N) is 2. The van der Waals surface area contributed by atoms with Crippen molar-refractivity contribution in [1.29, 1.82) is 0 Å². The number of hydrogen-bond acceptors (Lipinski definition) is 6. The van der Waals surface area contributed by atoms with Crippen LogP contribution in [0.3, 0.4) is 0 Å². The first-order valence-electron chi connectivity index (χ1n) is 7.63. The Balaban J connectivity index is 1.46. The van der Waals surface area contributed by atoms with E-state index in [0.29, 0.717) is 38.6 Å². The maximum atomic E-state index is 12.3. The maximum Gasteiger partial charge on any atom is 0.262 e. The van der Waals surface area contributed by atoms with Crippen LogP contribution in [0.2, 0.25) is 5.02 Å². The molecular formula is C17H12ClN3O4S. The second-order valence-corrected chi connectivity index (χ2v) is 6.78. The predicted molar refractivity (Wildman–Crippen MR) is 97.7 cm³/mol. The lowest BCUT2D eigenvalue weighted by atomic mass is 10.2. The van der Waals surface area contributed by atoms with Gasteiger partial charge in [0.25, 0.3) is 5.91 Å². The molecule has 2 aromatic heterocycles. The summed E-state index contributed by atoms with van der Waals surface area (Å²) in [6.07, 6.45) is 1.67. The van der Waals surface area contributed by atoms with Gasteiger partial charge in [-0.05, 0) is 18.2 Å². The van der Waals surface area contributed by atoms with Gasteiger partial charge in [0, 0.05) is 11.4 Å². The fourth-order valence-corrected chi connectivity index (χ4v) is 3.45. The van der Waals surface area contributed by atoms with Crippen LogP contribution >= 0.6 is 22.9 Å². The number of carbonyl (C=O) groups excluding carboxylic acids is 2. The number of fused-ring (bicyclic) bond motifs is 1. The van der Waals surface area contributed by atoms with Crippen molar-refractivity contribution >= 4 is 46.1 Å². The summed E-state index contributed by atoms with van der Waals surface area (Å²) in [5.41, 5.74) is 1.52. The molecule has 4 rings (SSSR count). The lowest BCUT2D eigenvalue weighted by Crippen LogP contribution is -2.25. The largest absolute Gasteiger partial charge is 0.482 e. The summed E-state index contributed by atoms with van der Waals surface area (Å²) < 4.78 is 10.6. The normalized spacial score (nSPS) is 12.9. The van der Waals surface area contributed by atoms with E-state index in [0.717, 1.165) is 0 Å². The zero-order chi connectivity index (χ0) is 18.1. The molecule has 1 aliphatic heterocycles. The molecule has 26 heavy (non-hydrogen) atoms. The van der Waals surface area contributed by atoms with Crippen molar-refractivity contribution in [3.05, 3.63) is 46.6 Å². The third-order valence-electron chi connectivity index (χ3n) is 3.60. The van der Waals surface area contributed by atoms with E-state index in [9.17, 15) is 9.59 Å². The lowest BCUT2D eigenvalue weighted by Gasteiger charge is -2.19. The number of furan rings is 1. The van der Waals surface area contributed by atoms with Crippen LogP contribution < -0.4 is 15.4 Å². The van der Waals surface area contributed by atoms with Gasteiger partial charge in [-0.15, -0.1) is 11.3 Å². The topological polar surface area (TPSA) is 93.5 Å². The highest BCUT2D eigenvalue weighted by Crippen LogP contribution is 2.36. The molecule has 3 heterocycles. The van der Waals surface area contributed by atoms with E-state index in [1.807, 2.05) is 11.4 Å². The van der Waals surface area contributed by atoms with E-state index >= 15 is 0 Å². The van der Waals surface area contributed by atoms with Crippen molar-refractivity contribution in [3.63, 3.8) is 0 Å². The number of thiazole rings is 1. The van der Waals surface area contributed by atoms with Crippen LogP contribution in [0.5, 0.6) is 5.75 Å². The predicted octanol–water partition coefficient (Wildman–Crippen LogP) is 3.57. The molecular weight excluding hydrogens is 378 g/mol. The van der Waals surface area contributed by atoms with E-state index < -0.39 is 0 Å². The molecule has 0 aliphatic carbocycles. The monoisotopic (exact) mass is 389 g/mol. The number of amides is 2. The van der Waals surface area contributed by atoms with Gasteiger partial charge in [-0.25, -0.2) is 4.98 Å². The summed E-state index contributed by atoms with van der Waals surface area (Å²) in [4.78, 5) is 28.0. The average Bonchev–Trinajstić information content (AvgIpc) is 3.27. The van der Waals surface area contributed by atoms with Crippen molar-refractivity contribution in [3.8, 4) is 16.5 Å². The van der Waals surface area contributed by atoms with Crippen LogP contribution in [0, 0.1) is 0 Å². The Morgan fingerprint density at radius 1 is 1.42 bits per heavy atom. The molecule has 0 bridgehead atoms. The molecule has 7 nitrogen and oxygen atoms in total. The van der Waals surface area contributed by atoms with E-state index in [1.54, 1.807) is 24.5 Å². The van der Waals surface area contributed by atoms with Gasteiger partial charge in [-0.2, -0.15) is 0 Å². The average molecular weight is 390 g/mol. The lowest BCUT2D eigenvalue weighted by molar-refractivity contribution is -0.118. The minimum Gasteiger partial charge on any atom is -0.482 e. The molecule has 3 aromatic rings. The highest BCUT2D eigenvalue weighted by molar-refractivity contribution is 7.13. The Morgan fingerprint density at radius 3 is 3.12 bits per heavy atom. The molecule has 0 atom stereocenters. The number of benzene rings is 1. The molecule has 2 amide bonds. The highest BCUT2D eigenvalue weighted by Gasteiger charge is 2.19. The Hall–Kier alpha value is -2.84. The number of carbonyl (C=O) groups is 2. The van der Waals surface area contributed by atoms with E-state index in [2.05, 4.69) is 15.6 Å². The summed E-state index contributed by atoms with van der Waals surface area (Å²) in [5.74, 6) is 0.612. The first kappa shape index (κ1) is 16.6. The molecule has 0 spiro atoms. The van der Waals surface area contributed by atoms with Gasteiger partial charge in [-0.1, -0.05) is 11.6 Å². The first-order valence-corrected chi connectivity index (χ1v) is 8.88. The smallest absolute Gasteiger partial charge is 0.262 e. The van der Waals surface area contributed by atoms with Crippen molar-refractivity contribution < 1.29 is 18.7 Å². The molecule has 1 aromatic carbocycles. The number of aromatic nitrogens is 1. The third-order valence-corrected chi connectivity index (χ3v) is 4.82. The number of anilines is 2. The van der Waals surface area contributed by atoms with Crippen LogP contribution in [0.15, 0.2) is 40.3 Å². The standard InChI is InChI=1S/C17H12ClN3O4S/c18-10-5-12-14(25-7-16(23)21-12)6-11(10)20-15(22)4-9-8-26-17(19-9)13-2-1-3-24-13/h1-3,5-6,8H,4,7H2,(H,20,22)(H,21,23). The SMILES string of the molecule is O=C(Cc1csc(-c2ccco2)n1)Nc1cc2c(cc1Cl)NC(=O)CO2. The molecule has 0 fully saturated rings. The second kappa shape index (κ2) is 6.81. The molecule has 0 unspecified atom stereocenters. The fraction of sp³-hybridized carbons (Fsp3) is 0.118. The van der Waals surface area contributed by atoms with Gasteiger partial charge < -0.3 is 19.8 Å². The third kappa shape index (κ3) is 3.42. The summed E-state index contributed by atoms with van der Waals surface area (Å²) >= 11 is 7.59. The Labute approximate surface area is 156 Å². The van der Waals surface area contributed by atoms with E-state index in [4.69, 9.17) is 20.8 Å². The molecule has 0 radical (unpaired) electrons. The molecule has 9 heteroatoms. The highest BCUT2D eigenvalue weighted by atomic mass is 35.5. The fourth-order valence-electron chi connectivity index (χ4n) is 2.46. The van der Waals surface area contributed by atoms with Crippen LogP contribution in [0.1, 0.15) is 5.69 Å². The van der Waals surface area contributed by atoms with Crippen molar-refractivity contribution in [2.75, 3.05) is 17.2 Å². The molecule has 2 N–H and O–H groups in total.